The molecule has 0 fully saturated rings. The topological polar surface area (TPSA) is 77.7 Å². The lowest BCUT2D eigenvalue weighted by atomic mass is 10.1. The first-order chi connectivity index (χ1) is 13.6. The van der Waals surface area contributed by atoms with E-state index in [1.165, 1.54) is 0 Å². The Balaban J connectivity index is 1.36. The van der Waals surface area contributed by atoms with Crippen molar-refractivity contribution in [2.75, 3.05) is 6.79 Å². The number of hydrogen-bond acceptors (Lipinski definition) is 5. The third-order valence-corrected chi connectivity index (χ3v) is 4.43. The van der Waals surface area contributed by atoms with Crippen LogP contribution in [-0.4, -0.2) is 28.7 Å². The van der Waals surface area contributed by atoms with Crippen LogP contribution in [0.25, 0.3) is 0 Å². The van der Waals surface area contributed by atoms with Gasteiger partial charge in [-0.3, -0.25) is 9.48 Å². The molecule has 1 aliphatic heterocycles. The Morgan fingerprint density at radius 2 is 1.93 bits per heavy atom. The van der Waals surface area contributed by atoms with Gasteiger partial charge < -0.3 is 9.47 Å². The largest absolute Gasteiger partial charge is 0.454 e. The van der Waals surface area contributed by atoms with E-state index in [9.17, 15) is 4.79 Å². The van der Waals surface area contributed by atoms with E-state index in [-0.39, 0.29) is 12.7 Å². The van der Waals surface area contributed by atoms with Gasteiger partial charge >= 0.3 is 0 Å². The van der Waals surface area contributed by atoms with E-state index >= 15 is 0 Å². The zero-order valence-corrected chi connectivity index (χ0v) is 15.7. The molecule has 0 radical (unpaired) electrons. The van der Waals surface area contributed by atoms with E-state index < -0.39 is 0 Å². The van der Waals surface area contributed by atoms with Gasteiger partial charge in [0.1, 0.15) is 0 Å². The van der Waals surface area contributed by atoms with Crippen molar-refractivity contribution in [3.63, 3.8) is 0 Å². The summed E-state index contributed by atoms with van der Waals surface area (Å²) in [5.74, 6) is 1.12. The summed E-state index contributed by atoms with van der Waals surface area (Å²) in [6, 6.07) is 14.9. The molecular weight excluding hydrogens is 356 g/mol. The lowest BCUT2D eigenvalue weighted by molar-refractivity contribution is 0.0955. The standard InChI is InChI=1S/C21H20N4O3/c1-14-9-15(2)25(24-14)12-16-3-6-18(7-4-16)21(26)23-22-11-17-5-8-19-20(10-17)28-13-27-19/h3-11H,12-13H2,1-2H3,(H,23,26)/b22-11+. The summed E-state index contributed by atoms with van der Waals surface area (Å²) in [7, 11) is 0. The van der Waals surface area contributed by atoms with Crippen molar-refractivity contribution in [3.8, 4) is 11.5 Å². The first kappa shape index (κ1) is 17.8. The number of nitrogens with zero attached hydrogens (tertiary/aromatic N) is 3. The molecule has 0 saturated carbocycles. The van der Waals surface area contributed by atoms with E-state index in [1.807, 2.05) is 54.9 Å². The molecule has 1 amide bonds. The number of benzene rings is 2. The summed E-state index contributed by atoms with van der Waals surface area (Å²) in [6.07, 6.45) is 1.57. The average Bonchev–Trinajstić information content (AvgIpc) is 3.27. The minimum absolute atomic E-state index is 0.224. The summed E-state index contributed by atoms with van der Waals surface area (Å²) in [5, 5.41) is 8.47. The monoisotopic (exact) mass is 376 g/mol. The van der Waals surface area contributed by atoms with E-state index in [1.54, 1.807) is 18.3 Å². The van der Waals surface area contributed by atoms with Crippen LogP contribution in [0.4, 0.5) is 0 Å². The van der Waals surface area contributed by atoms with Crippen molar-refractivity contribution in [1.82, 2.24) is 15.2 Å². The molecule has 2 aromatic carbocycles. The van der Waals surface area contributed by atoms with E-state index in [0.29, 0.717) is 23.6 Å². The van der Waals surface area contributed by atoms with Gasteiger partial charge in [0.25, 0.3) is 5.91 Å². The third-order valence-electron chi connectivity index (χ3n) is 4.43. The fraction of sp³-hybridized carbons (Fsp3) is 0.190. The second-order valence-corrected chi connectivity index (χ2v) is 6.59. The van der Waals surface area contributed by atoms with Gasteiger partial charge in [-0.1, -0.05) is 12.1 Å². The predicted molar refractivity (Wildman–Crippen MR) is 105 cm³/mol. The van der Waals surface area contributed by atoms with Gasteiger partial charge in [-0.05, 0) is 61.4 Å². The Morgan fingerprint density at radius 1 is 1.14 bits per heavy atom. The number of aryl methyl sites for hydroxylation is 2. The number of ether oxygens (including phenoxy) is 2. The van der Waals surface area contributed by atoms with Gasteiger partial charge in [0.15, 0.2) is 11.5 Å². The van der Waals surface area contributed by atoms with Crippen molar-refractivity contribution >= 4 is 12.1 Å². The number of carbonyl (C=O) groups is 1. The van der Waals surface area contributed by atoms with Crippen LogP contribution in [0.3, 0.4) is 0 Å². The van der Waals surface area contributed by atoms with Gasteiger partial charge in [0.2, 0.25) is 6.79 Å². The molecule has 0 saturated heterocycles. The number of fused-ring (bicyclic) bond motifs is 1. The van der Waals surface area contributed by atoms with Crippen LogP contribution in [0.15, 0.2) is 53.6 Å². The van der Waals surface area contributed by atoms with Crippen molar-refractivity contribution in [2.45, 2.75) is 20.4 Å². The van der Waals surface area contributed by atoms with Crippen LogP contribution < -0.4 is 14.9 Å². The molecule has 3 aromatic rings. The molecule has 0 unspecified atom stereocenters. The molecule has 0 atom stereocenters. The van der Waals surface area contributed by atoms with E-state index in [4.69, 9.17) is 9.47 Å². The van der Waals surface area contributed by atoms with Crippen LogP contribution in [0.5, 0.6) is 11.5 Å². The first-order valence-corrected chi connectivity index (χ1v) is 8.91. The lowest BCUT2D eigenvalue weighted by Gasteiger charge is -2.06. The Morgan fingerprint density at radius 3 is 2.68 bits per heavy atom. The zero-order chi connectivity index (χ0) is 19.5. The summed E-state index contributed by atoms with van der Waals surface area (Å²) in [6.45, 7) is 4.90. The highest BCUT2D eigenvalue weighted by molar-refractivity contribution is 5.94. The Kier molecular flexibility index (Phi) is 4.80. The molecular formula is C21H20N4O3. The highest BCUT2D eigenvalue weighted by Gasteiger charge is 2.12. The predicted octanol–water partition coefficient (Wildman–Crippen LogP) is 3.04. The Labute approximate surface area is 162 Å². The number of hydrazone groups is 1. The SMILES string of the molecule is Cc1cc(C)n(Cc2ccc(C(=O)N/N=C/c3ccc4c(c3)OCO4)cc2)n1. The maximum atomic E-state index is 12.3. The first-order valence-electron chi connectivity index (χ1n) is 8.91. The minimum atomic E-state index is -0.269. The quantitative estimate of drug-likeness (QED) is 0.548. The van der Waals surface area contributed by atoms with E-state index in [2.05, 4.69) is 15.6 Å². The van der Waals surface area contributed by atoms with E-state index in [0.717, 1.165) is 22.5 Å². The van der Waals surface area contributed by atoms with Crippen molar-refractivity contribution < 1.29 is 14.3 Å². The molecule has 0 aliphatic carbocycles. The normalized spacial score (nSPS) is 12.5. The molecule has 28 heavy (non-hydrogen) atoms. The summed E-state index contributed by atoms with van der Waals surface area (Å²) < 4.78 is 12.5. The molecule has 2 heterocycles. The number of aromatic nitrogens is 2. The number of amides is 1. The second-order valence-electron chi connectivity index (χ2n) is 6.59. The lowest BCUT2D eigenvalue weighted by Crippen LogP contribution is -2.17. The zero-order valence-electron chi connectivity index (χ0n) is 15.7. The Hall–Kier alpha value is -3.61. The molecule has 1 aromatic heterocycles. The Bertz CT molecular complexity index is 1040. The summed E-state index contributed by atoms with van der Waals surface area (Å²) >= 11 is 0. The maximum Gasteiger partial charge on any atom is 0.271 e. The second kappa shape index (κ2) is 7.56. The highest BCUT2D eigenvalue weighted by Crippen LogP contribution is 2.31. The van der Waals surface area contributed by atoms with Gasteiger partial charge in [-0.25, -0.2) is 5.43 Å². The van der Waals surface area contributed by atoms with Gasteiger partial charge in [0.05, 0.1) is 18.5 Å². The molecule has 0 spiro atoms. The smallest absolute Gasteiger partial charge is 0.271 e. The maximum absolute atomic E-state index is 12.3. The van der Waals surface area contributed by atoms with Crippen LogP contribution in [0, 0.1) is 13.8 Å². The fourth-order valence-electron chi connectivity index (χ4n) is 2.99. The van der Waals surface area contributed by atoms with Crippen LogP contribution in [-0.2, 0) is 6.54 Å². The number of hydrogen-bond donors (Lipinski definition) is 1. The van der Waals surface area contributed by atoms with Crippen LogP contribution in [0.2, 0.25) is 0 Å². The van der Waals surface area contributed by atoms with Crippen molar-refractivity contribution in [3.05, 3.63) is 76.6 Å². The van der Waals surface area contributed by atoms with Crippen LogP contribution in [0.1, 0.15) is 32.9 Å². The average molecular weight is 376 g/mol. The number of carbonyl (C=O) groups excluding carboxylic acids is 1. The molecule has 1 N–H and O–H groups in total. The summed E-state index contributed by atoms with van der Waals surface area (Å²) in [4.78, 5) is 12.3. The molecule has 142 valence electrons. The summed E-state index contributed by atoms with van der Waals surface area (Å²) in [5.41, 5.74) is 7.07. The van der Waals surface area contributed by atoms with Crippen molar-refractivity contribution in [1.29, 1.82) is 0 Å². The highest BCUT2D eigenvalue weighted by atomic mass is 16.7. The molecule has 7 nitrogen and oxygen atoms in total. The van der Waals surface area contributed by atoms with Gasteiger partial charge in [-0.2, -0.15) is 10.2 Å². The van der Waals surface area contributed by atoms with Gasteiger partial charge in [-0.15, -0.1) is 0 Å². The number of nitrogens with one attached hydrogen (secondary N) is 1. The van der Waals surface area contributed by atoms with Gasteiger partial charge in [0, 0.05) is 11.3 Å². The third kappa shape index (κ3) is 3.88. The molecule has 7 heteroatoms. The molecule has 1 aliphatic rings. The number of rotatable bonds is 5. The minimum Gasteiger partial charge on any atom is -0.454 e. The van der Waals surface area contributed by atoms with Crippen LogP contribution >= 0.6 is 0 Å². The molecule has 0 bridgehead atoms. The fourth-order valence-corrected chi connectivity index (χ4v) is 2.99. The molecule has 4 rings (SSSR count). The van der Waals surface area contributed by atoms with Crippen molar-refractivity contribution in [2.24, 2.45) is 5.10 Å².